The average Bonchev–Trinajstić information content (AvgIpc) is 2.07. The second-order valence-electron chi connectivity index (χ2n) is 2.61. The van der Waals surface area contributed by atoms with Crippen molar-refractivity contribution in [2.24, 2.45) is 0 Å². The van der Waals surface area contributed by atoms with E-state index in [2.05, 4.69) is 21.2 Å². The molecule has 0 spiro atoms. The van der Waals surface area contributed by atoms with E-state index in [4.69, 9.17) is 5.11 Å². The number of rotatable bonds is 3. The van der Waals surface area contributed by atoms with Crippen LogP contribution in [0.5, 0.6) is 0 Å². The van der Waals surface area contributed by atoms with E-state index in [9.17, 15) is 0 Å². The van der Waals surface area contributed by atoms with Crippen molar-refractivity contribution >= 4 is 21.6 Å². The number of aliphatic hydroxyl groups excluding tert-OH is 1. The van der Waals surface area contributed by atoms with Gasteiger partial charge < -0.3 is 10.4 Å². The summed E-state index contributed by atoms with van der Waals surface area (Å²) < 4.78 is 1.09. The summed E-state index contributed by atoms with van der Waals surface area (Å²) in [6, 6.07) is 6.03. The normalized spacial score (nSPS) is 9.92. The maximum atomic E-state index is 8.58. The predicted molar refractivity (Wildman–Crippen MR) is 54.5 cm³/mol. The van der Waals surface area contributed by atoms with Gasteiger partial charge in [-0.2, -0.15) is 0 Å². The topological polar surface area (TPSA) is 32.3 Å². The van der Waals surface area contributed by atoms with Crippen LogP contribution in [-0.4, -0.2) is 18.3 Å². The fourth-order valence-corrected chi connectivity index (χ4v) is 1.28. The van der Waals surface area contributed by atoms with Gasteiger partial charge >= 0.3 is 0 Å². The Bertz CT molecular complexity index is 263. The molecular weight excluding hydrogens is 218 g/mol. The number of nitrogens with one attached hydrogen (secondary N) is 1. The van der Waals surface area contributed by atoms with Gasteiger partial charge in [0.2, 0.25) is 0 Å². The van der Waals surface area contributed by atoms with Gasteiger partial charge in [0.1, 0.15) is 0 Å². The van der Waals surface area contributed by atoms with Crippen LogP contribution in [0.2, 0.25) is 0 Å². The molecule has 1 aromatic rings. The Morgan fingerprint density at radius 2 is 2.25 bits per heavy atom. The van der Waals surface area contributed by atoms with Gasteiger partial charge in [-0.3, -0.25) is 0 Å². The minimum absolute atomic E-state index is 0.158. The zero-order valence-corrected chi connectivity index (χ0v) is 8.56. The Balaban J connectivity index is 2.69. The first-order valence-corrected chi connectivity index (χ1v) is 4.64. The van der Waals surface area contributed by atoms with E-state index >= 15 is 0 Å². The second kappa shape index (κ2) is 4.48. The first-order valence-electron chi connectivity index (χ1n) is 3.85. The number of hydrogen-bond acceptors (Lipinski definition) is 2. The van der Waals surface area contributed by atoms with Crippen molar-refractivity contribution in [2.45, 2.75) is 6.92 Å². The Morgan fingerprint density at radius 3 is 2.83 bits per heavy atom. The molecule has 0 heterocycles. The molecule has 1 aromatic carbocycles. The van der Waals surface area contributed by atoms with Crippen LogP contribution in [0.1, 0.15) is 5.56 Å². The third-order valence-corrected chi connectivity index (χ3v) is 2.47. The highest BCUT2D eigenvalue weighted by atomic mass is 79.9. The molecule has 0 fully saturated rings. The van der Waals surface area contributed by atoms with Gasteiger partial charge in [0.05, 0.1) is 6.61 Å². The van der Waals surface area contributed by atoms with Gasteiger partial charge in [0.25, 0.3) is 0 Å². The number of hydrogen-bond donors (Lipinski definition) is 2. The SMILES string of the molecule is Cc1ccc(NCCO)cc1Br. The molecule has 0 saturated carbocycles. The van der Waals surface area contributed by atoms with Crippen LogP contribution in [0.3, 0.4) is 0 Å². The molecule has 0 bridgehead atoms. The van der Waals surface area contributed by atoms with Crippen molar-refractivity contribution in [1.29, 1.82) is 0 Å². The molecule has 3 heteroatoms. The monoisotopic (exact) mass is 229 g/mol. The molecule has 0 saturated heterocycles. The van der Waals surface area contributed by atoms with Crippen molar-refractivity contribution < 1.29 is 5.11 Å². The lowest BCUT2D eigenvalue weighted by Crippen LogP contribution is -2.05. The average molecular weight is 230 g/mol. The van der Waals surface area contributed by atoms with Crippen molar-refractivity contribution in [1.82, 2.24) is 0 Å². The largest absolute Gasteiger partial charge is 0.395 e. The molecule has 2 N–H and O–H groups in total. The lowest BCUT2D eigenvalue weighted by molar-refractivity contribution is 0.311. The van der Waals surface area contributed by atoms with Gasteiger partial charge in [-0.05, 0) is 24.6 Å². The van der Waals surface area contributed by atoms with Crippen molar-refractivity contribution in [3.8, 4) is 0 Å². The number of halogens is 1. The molecule has 0 aromatic heterocycles. The molecule has 0 aliphatic carbocycles. The molecule has 0 aliphatic rings. The van der Waals surface area contributed by atoms with Gasteiger partial charge in [0, 0.05) is 16.7 Å². The van der Waals surface area contributed by atoms with Crippen LogP contribution < -0.4 is 5.32 Å². The molecule has 0 atom stereocenters. The third-order valence-electron chi connectivity index (χ3n) is 1.61. The lowest BCUT2D eigenvalue weighted by Gasteiger charge is -2.05. The molecule has 12 heavy (non-hydrogen) atoms. The summed E-state index contributed by atoms with van der Waals surface area (Å²) in [7, 11) is 0. The minimum atomic E-state index is 0.158. The summed E-state index contributed by atoms with van der Waals surface area (Å²) in [6.45, 7) is 2.79. The quantitative estimate of drug-likeness (QED) is 0.833. The molecule has 0 unspecified atom stereocenters. The number of anilines is 1. The van der Waals surface area contributed by atoms with Crippen molar-refractivity contribution in [2.75, 3.05) is 18.5 Å². The highest BCUT2D eigenvalue weighted by Crippen LogP contribution is 2.20. The molecule has 1 rings (SSSR count). The zero-order chi connectivity index (χ0) is 8.97. The Morgan fingerprint density at radius 1 is 1.50 bits per heavy atom. The summed E-state index contributed by atoms with van der Waals surface area (Å²) in [5.41, 5.74) is 2.24. The van der Waals surface area contributed by atoms with E-state index in [-0.39, 0.29) is 6.61 Å². The van der Waals surface area contributed by atoms with Gasteiger partial charge in [-0.25, -0.2) is 0 Å². The smallest absolute Gasteiger partial charge is 0.0604 e. The van der Waals surface area contributed by atoms with Crippen LogP contribution >= 0.6 is 15.9 Å². The molecule has 0 amide bonds. The van der Waals surface area contributed by atoms with E-state index in [0.29, 0.717) is 6.54 Å². The Hall–Kier alpha value is -0.540. The second-order valence-corrected chi connectivity index (χ2v) is 3.47. The van der Waals surface area contributed by atoms with Gasteiger partial charge in [-0.1, -0.05) is 22.0 Å². The van der Waals surface area contributed by atoms with Crippen LogP contribution in [0, 0.1) is 6.92 Å². The zero-order valence-electron chi connectivity index (χ0n) is 6.97. The first kappa shape index (κ1) is 9.55. The summed E-state index contributed by atoms with van der Waals surface area (Å²) >= 11 is 3.44. The van der Waals surface area contributed by atoms with Crippen LogP contribution in [0.15, 0.2) is 22.7 Å². The van der Waals surface area contributed by atoms with E-state index in [1.165, 1.54) is 5.56 Å². The predicted octanol–water partition coefficient (Wildman–Crippen LogP) is 2.16. The molecule has 66 valence electrons. The third kappa shape index (κ3) is 2.50. The van der Waals surface area contributed by atoms with E-state index < -0.39 is 0 Å². The van der Waals surface area contributed by atoms with Crippen LogP contribution in [0.4, 0.5) is 5.69 Å². The number of benzene rings is 1. The van der Waals surface area contributed by atoms with E-state index in [0.717, 1.165) is 10.2 Å². The molecule has 2 nitrogen and oxygen atoms in total. The summed E-state index contributed by atoms with van der Waals surface area (Å²) in [5, 5.41) is 11.7. The van der Waals surface area contributed by atoms with Crippen molar-refractivity contribution in [3.05, 3.63) is 28.2 Å². The maximum Gasteiger partial charge on any atom is 0.0604 e. The summed E-state index contributed by atoms with van der Waals surface area (Å²) in [5.74, 6) is 0. The van der Waals surface area contributed by atoms with E-state index in [1.54, 1.807) is 0 Å². The van der Waals surface area contributed by atoms with Gasteiger partial charge in [-0.15, -0.1) is 0 Å². The fraction of sp³-hybridized carbons (Fsp3) is 0.333. The first-order chi connectivity index (χ1) is 5.74. The lowest BCUT2D eigenvalue weighted by atomic mass is 10.2. The minimum Gasteiger partial charge on any atom is -0.395 e. The molecule has 0 aliphatic heterocycles. The number of aliphatic hydroxyl groups is 1. The summed E-state index contributed by atoms with van der Waals surface area (Å²) in [6.07, 6.45) is 0. The standard InChI is InChI=1S/C9H12BrNO/c1-7-2-3-8(6-9(7)10)11-4-5-12/h2-3,6,11-12H,4-5H2,1H3. The van der Waals surface area contributed by atoms with Gasteiger partial charge in [0.15, 0.2) is 0 Å². The van der Waals surface area contributed by atoms with Crippen molar-refractivity contribution in [3.63, 3.8) is 0 Å². The summed E-state index contributed by atoms with van der Waals surface area (Å²) in [4.78, 5) is 0. The van der Waals surface area contributed by atoms with E-state index in [1.807, 2.05) is 25.1 Å². The Kier molecular flexibility index (Phi) is 3.56. The fourth-order valence-electron chi connectivity index (χ4n) is 0.903. The highest BCUT2D eigenvalue weighted by molar-refractivity contribution is 9.10. The van der Waals surface area contributed by atoms with Crippen LogP contribution in [-0.2, 0) is 0 Å². The highest BCUT2D eigenvalue weighted by Gasteiger charge is 1.95. The number of aryl methyl sites for hydroxylation is 1. The maximum absolute atomic E-state index is 8.58. The molecule has 0 radical (unpaired) electrons. The molecular formula is C9H12BrNO. The Labute approximate surface area is 80.7 Å². The van der Waals surface area contributed by atoms with Crippen LogP contribution in [0.25, 0.3) is 0 Å².